The highest BCUT2D eigenvalue weighted by Gasteiger charge is 2.13. The van der Waals surface area contributed by atoms with Crippen molar-refractivity contribution in [1.29, 1.82) is 0 Å². The van der Waals surface area contributed by atoms with Gasteiger partial charge in [-0.25, -0.2) is 9.59 Å². The molecule has 0 bridgehead atoms. The first kappa shape index (κ1) is 17.3. The Balaban J connectivity index is 1.90. The minimum Gasteiger partial charge on any atom is -0.508 e. The van der Waals surface area contributed by atoms with E-state index in [1.165, 1.54) is 49.6 Å². The molecule has 0 saturated heterocycles. The van der Waals surface area contributed by atoms with Crippen LogP contribution in [0, 0.1) is 0 Å². The summed E-state index contributed by atoms with van der Waals surface area (Å²) in [4.78, 5) is 23.5. The predicted octanol–water partition coefficient (Wildman–Crippen LogP) is 2.67. The van der Waals surface area contributed by atoms with Crippen molar-refractivity contribution in [1.82, 2.24) is 0 Å². The third-order valence-electron chi connectivity index (χ3n) is 3.42. The van der Waals surface area contributed by atoms with Crippen molar-refractivity contribution in [2.45, 2.75) is 12.8 Å². The van der Waals surface area contributed by atoms with E-state index in [0.717, 1.165) is 0 Å². The molecule has 0 amide bonds. The molecule has 0 unspecified atom stereocenters. The second-order valence-electron chi connectivity index (χ2n) is 5.12. The zero-order valence-electron chi connectivity index (χ0n) is 13.2. The summed E-state index contributed by atoms with van der Waals surface area (Å²) in [5.41, 5.74) is 1.35. The maximum absolute atomic E-state index is 11.8. The van der Waals surface area contributed by atoms with Crippen molar-refractivity contribution >= 4 is 11.9 Å². The quantitative estimate of drug-likeness (QED) is 0.625. The van der Waals surface area contributed by atoms with E-state index < -0.39 is 11.9 Å². The first-order chi connectivity index (χ1) is 11.5. The Morgan fingerprint density at radius 3 is 2.29 bits per heavy atom. The largest absolute Gasteiger partial charge is 0.508 e. The van der Waals surface area contributed by atoms with Gasteiger partial charge in [-0.2, -0.15) is 0 Å². The molecule has 0 aliphatic rings. The summed E-state index contributed by atoms with van der Waals surface area (Å²) >= 11 is 0. The van der Waals surface area contributed by atoms with Crippen molar-refractivity contribution < 1.29 is 29.3 Å². The van der Waals surface area contributed by atoms with Crippen LogP contribution in [0.1, 0.15) is 32.7 Å². The molecule has 2 N–H and O–H groups in total. The van der Waals surface area contributed by atoms with Gasteiger partial charge in [0.1, 0.15) is 11.5 Å². The third-order valence-corrected chi connectivity index (χ3v) is 3.42. The fourth-order valence-electron chi connectivity index (χ4n) is 2.20. The smallest absolute Gasteiger partial charge is 0.338 e. The minimum atomic E-state index is -0.487. The number of aryl methyl sites for hydroxylation is 1. The number of rotatable bonds is 6. The van der Waals surface area contributed by atoms with Crippen LogP contribution in [0.3, 0.4) is 0 Å². The van der Waals surface area contributed by atoms with Crippen LogP contribution in [-0.2, 0) is 15.9 Å². The summed E-state index contributed by atoms with van der Waals surface area (Å²) in [5, 5.41) is 18.7. The molecule has 0 aliphatic heterocycles. The number of hydrogen-bond donors (Lipinski definition) is 2. The molecule has 24 heavy (non-hydrogen) atoms. The van der Waals surface area contributed by atoms with E-state index in [1.54, 1.807) is 0 Å². The van der Waals surface area contributed by atoms with Crippen LogP contribution in [0.5, 0.6) is 11.5 Å². The van der Waals surface area contributed by atoms with Gasteiger partial charge in [-0.05, 0) is 60.9 Å². The topological polar surface area (TPSA) is 93.1 Å². The number of phenols is 2. The Labute approximate surface area is 139 Å². The number of benzene rings is 2. The Morgan fingerprint density at radius 2 is 1.62 bits per heavy atom. The Hall–Kier alpha value is -3.02. The molecule has 2 rings (SSSR count). The molecular formula is C18H18O6. The second-order valence-corrected chi connectivity index (χ2v) is 5.12. The molecule has 0 heterocycles. The summed E-state index contributed by atoms with van der Waals surface area (Å²) in [6, 6.07) is 10.2. The molecule has 0 saturated carbocycles. The highest BCUT2D eigenvalue weighted by Crippen LogP contribution is 2.19. The average Bonchev–Trinajstić information content (AvgIpc) is 2.58. The fourth-order valence-corrected chi connectivity index (χ4v) is 2.20. The van der Waals surface area contributed by atoms with Crippen LogP contribution >= 0.6 is 0 Å². The van der Waals surface area contributed by atoms with Crippen molar-refractivity contribution in [3.63, 3.8) is 0 Å². The maximum Gasteiger partial charge on any atom is 0.338 e. The number of ether oxygens (including phenoxy) is 2. The highest BCUT2D eigenvalue weighted by molar-refractivity contribution is 5.91. The van der Waals surface area contributed by atoms with Crippen molar-refractivity contribution in [3.8, 4) is 11.5 Å². The van der Waals surface area contributed by atoms with Crippen LogP contribution in [-0.4, -0.2) is 35.9 Å². The van der Waals surface area contributed by atoms with E-state index in [0.29, 0.717) is 29.5 Å². The van der Waals surface area contributed by atoms with Crippen molar-refractivity contribution in [3.05, 3.63) is 59.2 Å². The van der Waals surface area contributed by atoms with Crippen LogP contribution in [0.4, 0.5) is 0 Å². The summed E-state index contributed by atoms with van der Waals surface area (Å²) in [6.45, 7) is 0.163. The van der Waals surface area contributed by atoms with Gasteiger partial charge in [0.15, 0.2) is 0 Å². The van der Waals surface area contributed by atoms with Gasteiger partial charge in [0.25, 0.3) is 0 Å². The first-order valence-corrected chi connectivity index (χ1v) is 7.37. The monoisotopic (exact) mass is 330 g/mol. The average molecular weight is 330 g/mol. The van der Waals surface area contributed by atoms with E-state index in [4.69, 9.17) is 9.47 Å². The molecule has 126 valence electrons. The molecule has 0 radical (unpaired) electrons. The van der Waals surface area contributed by atoms with Crippen LogP contribution in [0.2, 0.25) is 0 Å². The van der Waals surface area contributed by atoms with E-state index in [2.05, 4.69) is 0 Å². The van der Waals surface area contributed by atoms with Gasteiger partial charge in [-0.1, -0.05) is 0 Å². The van der Waals surface area contributed by atoms with Gasteiger partial charge in [0, 0.05) is 0 Å². The van der Waals surface area contributed by atoms with Gasteiger partial charge in [-0.15, -0.1) is 0 Å². The van der Waals surface area contributed by atoms with Gasteiger partial charge in [-0.3, -0.25) is 0 Å². The molecule has 0 atom stereocenters. The number of carbonyl (C=O) groups is 2. The van der Waals surface area contributed by atoms with Crippen molar-refractivity contribution in [2.24, 2.45) is 0 Å². The maximum atomic E-state index is 11.8. The summed E-state index contributed by atoms with van der Waals surface area (Å²) in [7, 11) is 1.29. The summed E-state index contributed by atoms with van der Waals surface area (Å²) < 4.78 is 9.85. The second kappa shape index (κ2) is 8.01. The summed E-state index contributed by atoms with van der Waals surface area (Å²) in [6.07, 6.45) is 0.930. The Bertz CT molecular complexity index is 721. The molecule has 0 aliphatic carbocycles. The SMILES string of the molecule is COC(=O)c1ccc(O)cc1CCCOC(=O)c1ccc(O)cc1. The number of hydrogen-bond acceptors (Lipinski definition) is 6. The van der Waals surface area contributed by atoms with Crippen LogP contribution in [0.25, 0.3) is 0 Å². The lowest BCUT2D eigenvalue weighted by molar-refractivity contribution is 0.0498. The van der Waals surface area contributed by atoms with Crippen LogP contribution in [0.15, 0.2) is 42.5 Å². The van der Waals surface area contributed by atoms with E-state index in [9.17, 15) is 19.8 Å². The third kappa shape index (κ3) is 4.49. The number of carbonyl (C=O) groups excluding carboxylic acids is 2. The first-order valence-electron chi connectivity index (χ1n) is 7.37. The lowest BCUT2D eigenvalue weighted by atomic mass is 10.0. The molecule has 6 nitrogen and oxygen atoms in total. The normalized spacial score (nSPS) is 10.2. The van der Waals surface area contributed by atoms with Gasteiger partial charge < -0.3 is 19.7 Å². The lowest BCUT2D eigenvalue weighted by Crippen LogP contribution is -2.09. The minimum absolute atomic E-state index is 0.0544. The van der Waals surface area contributed by atoms with Crippen LogP contribution < -0.4 is 0 Å². The van der Waals surface area contributed by atoms with E-state index >= 15 is 0 Å². The van der Waals surface area contributed by atoms with Crippen molar-refractivity contribution in [2.75, 3.05) is 13.7 Å². The number of aromatic hydroxyl groups is 2. The Kier molecular flexibility index (Phi) is 5.78. The number of phenolic OH excluding ortho intramolecular Hbond substituents is 2. The molecule has 0 fully saturated rings. The molecule has 6 heteroatoms. The molecule has 0 aromatic heterocycles. The van der Waals surface area contributed by atoms with Gasteiger partial charge in [0.2, 0.25) is 0 Å². The van der Waals surface area contributed by atoms with E-state index in [1.807, 2.05) is 0 Å². The standard InChI is InChI=1S/C18H18O6/c1-23-18(22)16-9-8-15(20)11-13(16)3-2-10-24-17(21)12-4-6-14(19)7-5-12/h4-9,11,19-20H,2-3,10H2,1H3. The number of methoxy groups -OCH3 is 1. The molecule has 2 aromatic carbocycles. The zero-order valence-corrected chi connectivity index (χ0v) is 13.2. The summed E-state index contributed by atoms with van der Waals surface area (Å²) in [5.74, 6) is -0.838. The van der Waals surface area contributed by atoms with E-state index in [-0.39, 0.29) is 18.1 Å². The highest BCUT2D eigenvalue weighted by atomic mass is 16.5. The molecule has 0 spiro atoms. The molecular weight excluding hydrogens is 312 g/mol. The lowest BCUT2D eigenvalue weighted by Gasteiger charge is -2.09. The fraction of sp³-hybridized carbons (Fsp3) is 0.222. The van der Waals surface area contributed by atoms with Gasteiger partial charge in [0.05, 0.1) is 24.8 Å². The molecule has 2 aromatic rings. The predicted molar refractivity (Wildman–Crippen MR) is 86.2 cm³/mol. The number of esters is 2. The Morgan fingerprint density at radius 1 is 0.958 bits per heavy atom. The van der Waals surface area contributed by atoms with Gasteiger partial charge >= 0.3 is 11.9 Å². The zero-order chi connectivity index (χ0) is 17.5.